The van der Waals surface area contributed by atoms with E-state index in [4.69, 9.17) is 5.73 Å². The van der Waals surface area contributed by atoms with E-state index in [0.717, 1.165) is 29.9 Å². The van der Waals surface area contributed by atoms with Crippen molar-refractivity contribution in [1.29, 1.82) is 0 Å². The largest absolute Gasteiger partial charge is 0.370 e. The number of nitrogens with zero attached hydrogens (tertiary/aromatic N) is 3. The SMILES string of the molecule is NC(=NCc1cccc(-c2ncn[nH]2)c1)NCCc1ccccc1. The van der Waals surface area contributed by atoms with Crippen molar-refractivity contribution in [1.82, 2.24) is 20.5 Å². The second-order valence-electron chi connectivity index (χ2n) is 5.40. The molecule has 0 saturated heterocycles. The molecule has 0 radical (unpaired) electrons. The Morgan fingerprint density at radius 3 is 2.71 bits per heavy atom. The minimum atomic E-state index is 0.455. The van der Waals surface area contributed by atoms with Crippen molar-refractivity contribution in [3.05, 3.63) is 72.1 Å². The summed E-state index contributed by atoms with van der Waals surface area (Å²) in [5.74, 6) is 1.20. The number of hydrogen-bond donors (Lipinski definition) is 3. The van der Waals surface area contributed by atoms with Crippen LogP contribution in [0.1, 0.15) is 11.1 Å². The summed E-state index contributed by atoms with van der Waals surface area (Å²) < 4.78 is 0. The second kappa shape index (κ2) is 7.92. The highest BCUT2D eigenvalue weighted by atomic mass is 15.2. The Kier molecular flexibility index (Phi) is 5.19. The molecule has 6 nitrogen and oxygen atoms in total. The van der Waals surface area contributed by atoms with Crippen molar-refractivity contribution in [2.75, 3.05) is 6.54 Å². The fraction of sp³-hybridized carbons (Fsp3) is 0.167. The Balaban J connectivity index is 1.52. The summed E-state index contributed by atoms with van der Waals surface area (Å²) in [6.45, 7) is 1.28. The lowest BCUT2D eigenvalue weighted by molar-refractivity contribution is 0.848. The van der Waals surface area contributed by atoms with Crippen molar-refractivity contribution in [3.63, 3.8) is 0 Å². The Morgan fingerprint density at radius 1 is 1.08 bits per heavy atom. The van der Waals surface area contributed by atoms with Crippen LogP contribution in [0.15, 0.2) is 65.9 Å². The van der Waals surface area contributed by atoms with Gasteiger partial charge in [-0.3, -0.25) is 5.10 Å². The molecule has 0 bridgehead atoms. The summed E-state index contributed by atoms with van der Waals surface area (Å²) >= 11 is 0. The van der Waals surface area contributed by atoms with Gasteiger partial charge in [0.25, 0.3) is 0 Å². The molecule has 2 aromatic carbocycles. The first kappa shape index (κ1) is 15.7. The van der Waals surface area contributed by atoms with E-state index in [0.29, 0.717) is 12.5 Å². The first-order chi connectivity index (χ1) is 11.8. The van der Waals surface area contributed by atoms with Crippen LogP contribution in [0.4, 0.5) is 0 Å². The number of aromatic nitrogens is 3. The Labute approximate surface area is 140 Å². The lowest BCUT2D eigenvalue weighted by atomic mass is 10.1. The average molecular weight is 320 g/mol. The zero-order valence-electron chi connectivity index (χ0n) is 13.3. The third kappa shape index (κ3) is 4.42. The highest BCUT2D eigenvalue weighted by Gasteiger charge is 2.01. The van der Waals surface area contributed by atoms with Crippen LogP contribution in [0.25, 0.3) is 11.4 Å². The number of benzene rings is 2. The standard InChI is InChI=1S/C18H20N6/c19-18(20-10-9-14-5-2-1-3-6-14)21-12-15-7-4-8-16(11-15)17-22-13-23-24-17/h1-8,11,13H,9-10,12H2,(H3,19,20,21)(H,22,23,24). The first-order valence-electron chi connectivity index (χ1n) is 7.83. The highest BCUT2D eigenvalue weighted by molar-refractivity contribution is 5.77. The molecule has 0 saturated carbocycles. The second-order valence-corrected chi connectivity index (χ2v) is 5.40. The van der Waals surface area contributed by atoms with Gasteiger partial charge in [-0.15, -0.1) is 0 Å². The van der Waals surface area contributed by atoms with Crippen LogP contribution in [-0.4, -0.2) is 27.7 Å². The maximum absolute atomic E-state index is 5.93. The van der Waals surface area contributed by atoms with Crippen molar-refractivity contribution in [3.8, 4) is 11.4 Å². The number of aromatic amines is 1. The third-order valence-electron chi connectivity index (χ3n) is 3.61. The molecule has 0 atom stereocenters. The molecular formula is C18H20N6. The molecule has 0 aliphatic carbocycles. The topological polar surface area (TPSA) is 92.0 Å². The van der Waals surface area contributed by atoms with Gasteiger partial charge in [0.15, 0.2) is 11.8 Å². The number of guanidine groups is 1. The highest BCUT2D eigenvalue weighted by Crippen LogP contribution is 2.15. The lowest BCUT2D eigenvalue weighted by Gasteiger charge is -2.06. The summed E-state index contributed by atoms with van der Waals surface area (Å²) in [6, 6.07) is 18.3. The van der Waals surface area contributed by atoms with E-state index in [1.165, 1.54) is 11.9 Å². The van der Waals surface area contributed by atoms with Crippen LogP contribution in [0.5, 0.6) is 0 Å². The molecule has 0 aliphatic heterocycles. The van der Waals surface area contributed by atoms with Gasteiger partial charge < -0.3 is 11.1 Å². The molecule has 0 amide bonds. The maximum atomic E-state index is 5.93. The third-order valence-corrected chi connectivity index (χ3v) is 3.61. The van der Waals surface area contributed by atoms with E-state index >= 15 is 0 Å². The fourth-order valence-corrected chi connectivity index (χ4v) is 2.37. The molecular weight excluding hydrogens is 300 g/mol. The summed E-state index contributed by atoms with van der Waals surface area (Å²) in [6.07, 6.45) is 2.41. The molecule has 4 N–H and O–H groups in total. The molecule has 122 valence electrons. The molecule has 24 heavy (non-hydrogen) atoms. The van der Waals surface area contributed by atoms with Crippen LogP contribution >= 0.6 is 0 Å². The van der Waals surface area contributed by atoms with E-state index in [2.05, 4.69) is 37.6 Å². The normalized spacial score (nSPS) is 11.4. The van der Waals surface area contributed by atoms with Gasteiger partial charge in [-0.1, -0.05) is 48.5 Å². The predicted octanol–water partition coefficient (Wildman–Crippen LogP) is 2.12. The minimum Gasteiger partial charge on any atom is -0.370 e. The summed E-state index contributed by atoms with van der Waals surface area (Å²) in [4.78, 5) is 8.54. The van der Waals surface area contributed by atoms with Gasteiger partial charge in [-0.05, 0) is 23.6 Å². The number of hydrogen-bond acceptors (Lipinski definition) is 3. The zero-order valence-corrected chi connectivity index (χ0v) is 13.3. The number of H-pyrrole nitrogens is 1. The molecule has 0 aliphatic rings. The number of rotatable bonds is 6. The van der Waals surface area contributed by atoms with Crippen LogP contribution in [0.3, 0.4) is 0 Å². The van der Waals surface area contributed by atoms with Crippen LogP contribution in [0, 0.1) is 0 Å². The van der Waals surface area contributed by atoms with Gasteiger partial charge in [0, 0.05) is 12.1 Å². The minimum absolute atomic E-state index is 0.455. The van der Waals surface area contributed by atoms with E-state index in [1.807, 2.05) is 42.5 Å². The van der Waals surface area contributed by atoms with Gasteiger partial charge in [0.1, 0.15) is 6.33 Å². The molecule has 6 heteroatoms. The van der Waals surface area contributed by atoms with Crippen molar-refractivity contribution in [2.24, 2.45) is 10.7 Å². The maximum Gasteiger partial charge on any atom is 0.188 e. The van der Waals surface area contributed by atoms with Gasteiger partial charge in [0.2, 0.25) is 0 Å². The molecule has 0 spiro atoms. The summed E-state index contributed by atoms with van der Waals surface area (Å²) in [5, 5.41) is 9.87. The molecule has 1 heterocycles. The predicted molar refractivity (Wildman–Crippen MR) is 95.3 cm³/mol. The van der Waals surface area contributed by atoms with Crippen LogP contribution in [-0.2, 0) is 13.0 Å². The van der Waals surface area contributed by atoms with E-state index < -0.39 is 0 Å². The molecule has 3 aromatic rings. The Bertz CT molecular complexity index is 780. The quantitative estimate of drug-likeness (QED) is 0.479. The summed E-state index contributed by atoms with van der Waals surface area (Å²) in [7, 11) is 0. The molecule has 1 aromatic heterocycles. The van der Waals surface area contributed by atoms with E-state index in [-0.39, 0.29) is 0 Å². The van der Waals surface area contributed by atoms with E-state index in [1.54, 1.807) is 0 Å². The van der Waals surface area contributed by atoms with E-state index in [9.17, 15) is 0 Å². The van der Waals surface area contributed by atoms with Gasteiger partial charge in [0.05, 0.1) is 6.54 Å². The average Bonchev–Trinajstić information content (AvgIpc) is 3.16. The van der Waals surface area contributed by atoms with Gasteiger partial charge in [-0.2, -0.15) is 5.10 Å². The lowest BCUT2D eigenvalue weighted by Crippen LogP contribution is -2.33. The van der Waals surface area contributed by atoms with Gasteiger partial charge in [-0.25, -0.2) is 9.98 Å². The summed E-state index contributed by atoms with van der Waals surface area (Å²) in [5.41, 5.74) is 9.25. The first-order valence-corrected chi connectivity index (χ1v) is 7.83. The fourth-order valence-electron chi connectivity index (χ4n) is 2.37. The smallest absolute Gasteiger partial charge is 0.188 e. The van der Waals surface area contributed by atoms with Crippen molar-refractivity contribution >= 4 is 5.96 Å². The van der Waals surface area contributed by atoms with Crippen molar-refractivity contribution < 1.29 is 0 Å². The number of aliphatic imine (C=N–C) groups is 1. The molecule has 3 rings (SSSR count). The number of nitrogens with one attached hydrogen (secondary N) is 2. The monoisotopic (exact) mass is 320 g/mol. The van der Waals surface area contributed by atoms with Crippen LogP contribution < -0.4 is 11.1 Å². The molecule has 0 unspecified atom stereocenters. The van der Waals surface area contributed by atoms with Crippen molar-refractivity contribution in [2.45, 2.75) is 13.0 Å². The van der Waals surface area contributed by atoms with Crippen LogP contribution in [0.2, 0.25) is 0 Å². The zero-order chi connectivity index (χ0) is 16.6. The Hall–Kier alpha value is -3.15. The van der Waals surface area contributed by atoms with Gasteiger partial charge >= 0.3 is 0 Å². The Morgan fingerprint density at radius 2 is 1.92 bits per heavy atom. The number of nitrogens with two attached hydrogens (primary N) is 1. The molecule has 0 fully saturated rings.